The standard InChI is InChI=1S/C21H22F2N4O2/c1-13-5-3-4-10-26(13)21(28)16-12-24-27-18(19(22)23)11-17(25-20(16)27)14-6-8-15(29-2)9-7-14/h6-9,11-13,19H,3-5,10H2,1-2H3. The lowest BCUT2D eigenvalue weighted by Gasteiger charge is -2.33. The molecule has 0 spiro atoms. The minimum atomic E-state index is -2.76. The first-order chi connectivity index (χ1) is 14.0. The van der Waals surface area contributed by atoms with Crippen molar-refractivity contribution in [2.45, 2.75) is 38.7 Å². The highest BCUT2D eigenvalue weighted by Gasteiger charge is 2.28. The Morgan fingerprint density at radius 2 is 2.00 bits per heavy atom. The Kier molecular flexibility index (Phi) is 5.17. The molecule has 0 N–H and O–H groups in total. The van der Waals surface area contributed by atoms with E-state index in [2.05, 4.69) is 10.1 Å². The minimum absolute atomic E-state index is 0.102. The van der Waals surface area contributed by atoms with Crippen molar-refractivity contribution in [3.8, 4) is 17.0 Å². The number of aromatic nitrogens is 3. The van der Waals surface area contributed by atoms with Crippen LogP contribution in [0.15, 0.2) is 36.5 Å². The lowest BCUT2D eigenvalue weighted by atomic mass is 10.0. The number of likely N-dealkylation sites (tertiary alicyclic amines) is 1. The smallest absolute Gasteiger partial charge is 0.280 e. The normalized spacial score (nSPS) is 17.1. The molecule has 4 rings (SSSR count). The molecular formula is C21H22F2N4O2. The van der Waals surface area contributed by atoms with Crippen LogP contribution in [0.1, 0.15) is 48.7 Å². The molecule has 1 aliphatic rings. The summed E-state index contributed by atoms with van der Waals surface area (Å²) in [5.41, 5.74) is 1.11. The molecular weight excluding hydrogens is 378 g/mol. The highest BCUT2D eigenvalue weighted by molar-refractivity contribution is 6.00. The summed E-state index contributed by atoms with van der Waals surface area (Å²) in [6, 6.07) is 8.38. The Bertz CT molecular complexity index is 1030. The van der Waals surface area contributed by atoms with E-state index < -0.39 is 6.43 Å². The van der Waals surface area contributed by atoms with Gasteiger partial charge in [0.25, 0.3) is 12.3 Å². The minimum Gasteiger partial charge on any atom is -0.497 e. The van der Waals surface area contributed by atoms with Crippen molar-refractivity contribution in [2.75, 3.05) is 13.7 Å². The van der Waals surface area contributed by atoms with Gasteiger partial charge in [0, 0.05) is 18.2 Å². The molecule has 1 aromatic carbocycles. The van der Waals surface area contributed by atoms with E-state index in [1.165, 1.54) is 12.3 Å². The molecule has 1 aliphatic heterocycles. The molecule has 3 heterocycles. The van der Waals surface area contributed by atoms with Crippen molar-refractivity contribution in [3.05, 3.63) is 47.8 Å². The fourth-order valence-electron chi connectivity index (χ4n) is 3.76. The zero-order valence-corrected chi connectivity index (χ0v) is 16.3. The van der Waals surface area contributed by atoms with Crippen LogP contribution in [0.3, 0.4) is 0 Å². The molecule has 152 valence electrons. The average Bonchev–Trinajstić information content (AvgIpc) is 3.17. The molecule has 2 aromatic heterocycles. The molecule has 29 heavy (non-hydrogen) atoms. The largest absolute Gasteiger partial charge is 0.497 e. The molecule has 0 saturated carbocycles. The second-order valence-corrected chi connectivity index (χ2v) is 7.23. The van der Waals surface area contributed by atoms with Gasteiger partial charge in [0.1, 0.15) is 17.0 Å². The number of alkyl halides is 2. The van der Waals surface area contributed by atoms with E-state index in [0.717, 1.165) is 23.8 Å². The molecule has 1 atom stereocenters. The Labute approximate surface area is 167 Å². The summed E-state index contributed by atoms with van der Waals surface area (Å²) in [7, 11) is 1.56. The Hall–Kier alpha value is -3.03. The fourth-order valence-corrected chi connectivity index (χ4v) is 3.76. The molecule has 6 nitrogen and oxygen atoms in total. The summed E-state index contributed by atoms with van der Waals surface area (Å²) in [6.07, 6.45) is 1.53. The third-order valence-electron chi connectivity index (χ3n) is 5.40. The summed E-state index contributed by atoms with van der Waals surface area (Å²) < 4.78 is 33.7. The van der Waals surface area contributed by atoms with Crippen molar-refractivity contribution in [1.82, 2.24) is 19.5 Å². The second-order valence-electron chi connectivity index (χ2n) is 7.23. The summed E-state index contributed by atoms with van der Waals surface area (Å²) >= 11 is 0. The first kappa shape index (κ1) is 19.3. The van der Waals surface area contributed by atoms with Gasteiger partial charge in [0.2, 0.25) is 0 Å². The van der Waals surface area contributed by atoms with Gasteiger partial charge in [-0.1, -0.05) is 0 Å². The van der Waals surface area contributed by atoms with E-state index in [-0.39, 0.29) is 28.9 Å². The van der Waals surface area contributed by atoms with Crippen molar-refractivity contribution >= 4 is 11.6 Å². The third-order valence-corrected chi connectivity index (χ3v) is 5.40. The summed E-state index contributed by atoms with van der Waals surface area (Å²) in [5, 5.41) is 4.05. The van der Waals surface area contributed by atoms with Crippen LogP contribution in [0, 0.1) is 0 Å². The topological polar surface area (TPSA) is 59.7 Å². The zero-order chi connectivity index (χ0) is 20.5. The summed E-state index contributed by atoms with van der Waals surface area (Å²) in [6.45, 7) is 2.65. The summed E-state index contributed by atoms with van der Waals surface area (Å²) in [5.74, 6) is 0.440. The second kappa shape index (κ2) is 7.77. The zero-order valence-electron chi connectivity index (χ0n) is 16.3. The monoisotopic (exact) mass is 400 g/mol. The van der Waals surface area contributed by atoms with Crippen LogP contribution in [0.2, 0.25) is 0 Å². The van der Waals surface area contributed by atoms with E-state index in [0.29, 0.717) is 23.6 Å². The van der Waals surface area contributed by atoms with Gasteiger partial charge in [-0.3, -0.25) is 4.79 Å². The van der Waals surface area contributed by atoms with E-state index in [1.54, 1.807) is 36.3 Å². The van der Waals surface area contributed by atoms with E-state index in [4.69, 9.17) is 4.74 Å². The number of methoxy groups -OCH3 is 1. The maximum absolute atomic E-state index is 13.7. The molecule has 1 unspecified atom stereocenters. The molecule has 1 saturated heterocycles. The number of halogens is 2. The predicted octanol–water partition coefficient (Wildman–Crippen LogP) is 4.36. The first-order valence-corrected chi connectivity index (χ1v) is 9.62. The number of ether oxygens (including phenoxy) is 1. The molecule has 0 bridgehead atoms. The van der Waals surface area contributed by atoms with Crippen molar-refractivity contribution < 1.29 is 18.3 Å². The van der Waals surface area contributed by atoms with E-state index in [9.17, 15) is 13.6 Å². The number of carbonyl (C=O) groups is 1. The molecule has 3 aromatic rings. The lowest BCUT2D eigenvalue weighted by Crippen LogP contribution is -2.42. The van der Waals surface area contributed by atoms with Crippen LogP contribution in [-0.4, -0.2) is 45.1 Å². The Morgan fingerprint density at radius 3 is 2.66 bits per heavy atom. The number of hydrogen-bond donors (Lipinski definition) is 0. The number of nitrogens with zero attached hydrogens (tertiary/aromatic N) is 4. The highest BCUT2D eigenvalue weighted by Crippen LogP contribution is 2.29. The number of benzene rings is 1. The number of fused-ring (bicyclic) bond motifs is 1. The number of carbonyl (C=O) groups excluding carboxylic acids is 1. The van der Waals surface area contributed by atoms with Gasteiger partial charge in [0.15, 0.2) is 5.65 Å². The molecule has 0 aliphatic carbocycles. The highest BCUT2D eigenvalue weighted by atomic mass is 19.3. The fraction of sp³-hybridized carbons (Fsp3) is 0.381. The number of hydrogen-bond acceptors (Lipinski definition) is 4. The van der Waals surface area contributed by atoms with Crippen LogP contribution in [0.25, 0.3) is 16.9 Å². The van der Waals surface area contributed by atoms with Gasteiger partial charge in [0.05, 0.1) is 19.0 Å². The van der Waals surface area contributed by atoms with Gasteiger partial charge in [-0.05, 0) is 56.5 Å². The number of rotatable bonds is 4. The van der Waals surface area contributed by atoms with Gasteiger partial charge in [-0.25, -0.2) is 18.3 Å². The number of piperidine rings is 1. The maximum Gasteiger partial charge on any atom is 0.280 e. The van der Waals surface area contributed by atoms with Crippen molar-refractivity contribution in [2.24, 2.45) is 0 Å². The molecule has 8 heteroatoms. The maximum atomic E-state index is 13.7. The summed E-state index contributed by atoms with van der Waals surface area (Å²) in [4.78, 5) is 19.4. The van der Waals surface area contributed by atoms with E-state index in [1.807, 2.05) is 6.92 Å². The Morgan fingerprint density at radius 1 is 1.24 bits per heavy atom. The quantitative estimate of drug-likeness (QED) is 0.653. The Balaban J connectivity index is 1.82. The van der Waals surface area contributed by atoms with Crippen LogP contribution in [0.5, 0.6) is 5.75 Å². The van der Waals surface area contributed by atoms with Gasteiger partial charge >= 0.3 is 0 Å². The SMILES string of the molecule is COc1ccc(-c2cc(C(F)F)n3ncc(C(=O)N4CCCCC4C)c3n2)cc1. The van der Waals surface area contributed by atoms with Crippen LogP contribution in [0.4, 0.5) is 8.78 Å². The van der Waals surface area contributed by atoms with Gasteiger partial charge < -0.3 is 9.64 Å². The van der Waals surface area contributed by atoms with Crippen LogP contribution in [-0.2, 0) is 0 Å². The lowest BCUT2D eigenvalue weighted by molar-refractivity contribution is 0.0637. The van der Waals surface area contributed by atoms with E-state index >= 15 is 0 Å². The average molecular weight is 400 g/mol. The molecule has 1 amide bonds. The van der Waals surface area contributed by atoms with Crippen molar-refractivity contribution in [1.29, 1.82) is 0 Å². The van der Waals surface area contributed by atoms with Gasteiger partial charge in [-0.15, -0.1) is 0 Å². The number of amides is 1. The van der Waals surface area contributed by atoms with Gasteiger partial charge in [-0.2, -0.15) is 5.10 Å². The predicted molar refractivity (Wildman–Crippen MR) is 104 cm³/mol. The first-order valence-electron chi connectivity index (χ1n) is 9.62. The van der Waals surface area contributed by atoms with Crippen LogP contribution < -0.4 is 4.74 Å². The third kappa shape index (κ3) is 3.54. The van der Waals surface area contributed by atoms with Crippen LogP contribution >= 0.6 is 0 Å². The molecule has 1 fully saturated rings. The molecule has 0 radical (unpaired) electrons. The van der Waals surface area contributed by atoms with Crippen molar-refractivity contribution in [3.63, 3.8) is 0 Å².